The second kappa shape index (κ2) is 6.35. The highest BCUT2D eigenvalue weighted by atomic mass is 16.3. The van der Waals surface area contributed by atoms with Crippen molar-refractivity contribution < 1.29 is 5.11 Å². The van der Waals surface area contributed by atoms with Gasteiger partial charge in [0, 0.05) is 0 Å². The number of hydrogen-bond donors (Lipinski definition) is 1. The van der Waals surface area contributed by atoms with Crippen molar-refractivity contribution in [3.8, 4) is 0 Å². The maximum atomic E-state index is 10.6. The molecule has 10 unspecified atom stereocenters. The molecule has 0 spiro atoms. The Morgan fingerprint density at radius 1 is 0.893 bits per heavy atom. The van der Waals surface area contributed by atoms with Crippen LogP contribution in [0.2, 0.25) is 0 Å². The number of aliphatic hydroxyl groups is 1. The molecule has 28 heavy (non-hydrogen) atoms. The van der Waals surface area contributed by atoms with Crippen molar-refractivity contribution in [3.63, 3.8) is 0 Å². The Labute approximate surface area is 173 Å². The summed E-state index contributed by atoms with van der Waals surface area (Å²) in [7, 11) is 0. The van der Waals surface area contributed by atoms with Crippen molar-refractivity contribution in [1.82, 2.24) is 0 Å². The first-order valence-corrected chi connectivity index (χ1v) is 12.6. The first-order valence-electron chi connectivity index (χ1n) is 12.6. The predicted molar refractivity (Wildman–Crippen MR) is 117 cm³/mol. The van der Waals surface area contributed by atoms with Gasteiger partial charge in [-0.3, -0.25) is 0 Å². The summed E-state index contributed by atoms with van der Waals surface area (Å²) in [4.78, 5) is 0. The fraction of sp³-hybridized carbons (Fsp3) is 0.926. The van der Waals surface area contributed by atoms with Crippen molar-refractivity contribution in [2.24, 2.45) is 51.8 Å². The molecule has 0 radical (unpaired) electrons. The van der Waals surface area contributed by atoms with E-state index in [9.17, 15) is 5.11 Å². The number of aliphatic hydroxyl groups excluding tert-OH is 1. The van der Waals surface area contributed by atoms with E-state index >= 15 is 0 Å². The van der Waals surface area contributed by atoms with Gasteiger partial charge in [-0.15, -0.1) is 0 Å². The molecule has 5 aliphatic carbocycles. The first kappa shape index (κ1) is 19.7. The highest BCUT2D eigenvalue weighted by Gasteiger charge is 2.62. The SMILES string of the molecule is CC1CCCC2(C)CCC3C(=CCC4C3(C)CCC3C(C)C(O)CCC34C)C12. The number of allylic oxidation sites excluding steroid dienone is 2. The summed E-state index contributed by atoms with van der Waals surface area (Å²) in [5.41, 5.74) is 3.42. The summed E-state index contributed by atoms with van der Waals surface area (Å²) in [6.07, 6.45) is 16.3. The summed E-state index contributed by atoms with van der Waals surface area (Å²) in [5.74, 6) is 4.61. The zero-order valence-electron chi connectivity index (χ0n) is 19.1. The second-order valence-electron chi connectivity index (χ2n) is 12.7. The zero-order chi connectivity index (χ0) is 19.9. The largest absolute Gasteiger partial charge is 0.393 e. The van der Waals surface area contributed by atoms with E-state index < -0.39 is 0 Å². The van der Waals surface area contributed by atoms with E-state index in [-0.39, 0.29) is 6.10 Å². The van der Waals surface area contributed by atoms with Crippen LogP contribution in [-0.4, -0.2) is 11.2 Å². The topological polar surface area (TPSA) is 20.2 Å². The summed E-state index contributed by atoms with van der Waals surface area (Å²) in [6, 6.07) is 0. The highest BCUT2D eigenvalue weighted by molar-refractivity contribution is 5.28. The minimum Gasteiger partial charge on any atom is -0.393 e. The van der Waals surface area contributed by atoms with Gasteiger partial charge < -0.3 is 5.11 Å². The van der Waals surface area contributed by atoms with E-state index in [0.717, 1.165) is 36.0 Å². The van der Waals surface area contributed by atoms with Gasteiger partial charge >= 0.3 is 0 Å². The van der Waals surface area contributed by atoms with Crippen LogP contribution in [0.5, 0.6) is 0 Å². The maximum Gasteiger partial charge on any atom is 0.0568 e. The minimum absolute atomic E-state index is 0.0596. The molecule has 0 aromatic carbocycles. The first-order chi connectivity index (χ1) is 13.2. The van der Waals surface area contributed by atoms with Crippen LogP contribution < -0.4 is 0 Å². The Morgan fingerprint density at radius 3 is 2.43 bits per heavy atom. The van der Waals surface area contributed by atoms with Crippen molar-refractivity contribution in [2.75, 3.05) is 0 Å². The number of hydrogen-bond acceptors (Lipinski definition) is 1. The predicted octanol–water partition coefficient (Wildman–Crippen LogP) is 7.00. The molecule has 10 atom stereocenters. The molecule has 158 valence electrons. The lowest BCUT2D eigenvalue weighted by Crippen LogP contribution is -2.59. The average Bonchev–Trinajstić information content (AvgIpc) is 2.64. The van der Waals surface area contributed by atoms with Gasteiger partial charge in [-0.1, -0.05) is 59.1 Å². The van der Waals surface area contributed by atoms with E-state index in [4.69, 9.17) is 0 Å². The fourth-order valence-electron chi connectivity index (χ4n) is 10.1. The number of rotatable bonds is 0. The van der Waals surface area contributed by atoms with Crippen LogP contribution in [0.25, 0.3) is 0 Å². The number of fused-ring (bicyclic) bond motifs is 7. The summed E-state index contributed by atoms with van der Waals surface area (Å²) < 4.78 is 0. The molecule has 0 saturated heterocycles. The minimum atomic E-state index is -0.0596. The fourth-order valence-corrected chi connectivity index (χ4v) is 10.1. The molecular formula is C27H44O. The maximum absolute atomic E-state index is 10.6. The van der Waals surface area contributed by atoms with Crippen LogP contribution in [0, 0.1) is 51.8 Å². The molecule has 4 fully saturated rings. The smallest absolute Gasteiger partial charge is 0.0568 e. The molecule has 0 amide bonds. The van der Waals surface area contributed by atoms with Crippen LogP contribution >= 0.6 is 0 Å². The monoisotopic (exact) mass is 384 g/mol. The summed E-state index contributed by atoms with van der Waals surface area (Å²) in [5, 5.41) is 10.6. The molecule has 0 aliphatic heterocycles. The van der Waals surface area contributed by atoms with Gasteiger partial charge in [-0.2, -0.15) is 0 Å². The van der Waals surface area contributed by atoms with Crippen molar-refractivity contribution in [2.45, 2.75) is 105 Å². The standard InChI is InChI=1S/C27H44O/c1-17-7-6-13-25(3)14-10-21-19(24(17)25)8-9-23-26(4)16-12-22(28)18(2)20(26)11-15-27(21,23)5/h8,17-18,20-24,28H,6-7,9-16H2,1-5H3. The Kier molecular flexibility index (Phi) is 4.46. The third-order valence-electron chi connectivity index (χ3n) is 11.5. The molecule has 5 aliphatic rings. The van der Waals surface area contributed by atoms with E-state index in [1.807, 2.05) is 5.57 Å². The Morgan fingerprint density at radius 2 is 1.64 bits per heavy atom. The van der Waals surface area contributed by atoms with Crippen molar-refractivity contribution in [3.05, 3.63) is 11.6 Å². The lowest BCUT2D eigenvalue weighted by molar-refractivity contribution is -0.156. The van der Waals surface area contributed by atoms with E-state index in [0.29, 0.717) is 22.2 Å². The third kappa shape index (κ3) is 2.47. The zero-order valence-corrected chi connectivity index (χ0v) is 19.1. The van der Waals surface area contributed by atoms with Gasteiger partial charge in [-0.05, 0) is 103 Å². The molecule has 0 bridgehead atoms. The molecule has 1 heteroatoms. The normalized spacial score (nSPS) is 58.6. The molecule has 1 nitrogen and oxygen atoms in total. The Balaban J connectivity index is 1.53. The lowest BCUT2D eigenvalue weighted by atomic mass is 9.38. The van der Waals surface area contributed by atoms with Crippen LogP contribution in [0.15, 0.2) is 11.6 Å². The van der Waals surface area contributed by atoms with Crippen molar-refractivity contribution in [1.29, 1.82) is 0 Å². The average molecular weight is 385 g/mol. The van der Waals surface area contributed by atoms with Crippen LogP contribution in [0.3, 0.4) is 0 Å². The van der Waals surface area contributed by atoms with E-state index in [2.05, 4.69) is 40.7 Å². The molecule has 0 heterocycles. The summed E-state index contributed by atoms with van der Waals surface area (Å²) >= 11 is 0. The highest BCUT2D eigenvalue weighted by Crippen LogP contribution is 2.70. The van der Waals surface area contributed by atoms with Crippen molar-refractivity contribution >= 4 is 0 Å². The Hall–Kier alpha value is -0.300. The third-order valence-corrected chi connectivity index (χ3v) is 11.5. The van der Waals surface area contributed by atoms with Crippen LogP contribution in [0.4, 0.5) is 0 Å². The second-order valence-corrected chi connectivity index (χ2v) is 12.7. The van der Waals surface area contributed by atoms with Gasteiger partial charge in [0.1, 0.15) is 0 Å². The quantitative estimate of drug-likeness (QED) is 0.446. The van der Waals surface area contributed by atoms with Crippen LogP contribution in [0.1, 0.15) is 98.8 Å². The molecule has 0 aromatic heterocycles. The van der Waals surface area contributed by atoms with E-state index in [1.165, 1.54) is 57.8 Å². The van der Waals surface area contributed by atoms with E-state index in [1.54, 1.807) is 0 Å². The molecule has 0 aromatic rings. The molecule has 4 saturated carbocycles. The molecule has 1 N–H and O–H groups in total. The van der Waals surface area contributed by atoms with Gasteiger partial charge in [0.05, 0.1) is 6.10 Å². The van der Waals surface area contributed by atoms with Gasteiger partial charge in [0.2, 0.25) is 0 Å². The van der Waals surface area contributed by atoms with Crippen LogP contribution in [-0.2, 0) is 0 Å². The van der Waals surface area contributed by atoms with Gasteiger partial charge in [0.15, 0.2) is 0 Å². The molecule has 5 rings (SSSR count). The summed E-state index contributed by atoms with van der Waals surface area (Å²) in [6.45, 7) is 12.8. The van der Waals surface area contributed by atoms with Gasteiger partial charge in [0.25, 0.3) is 0 Å². The Bertz CT molecular complexity index is 665. The lowest BCUT2D eigenvalue weighted by Gasteiger charge is -2.66. The van der Waals surface area contributed by atoms with Gasteiger partial charge in [-0.25, -0.2) is 0 Å². The molecular weight excluding hydrogens is 340 g/mol.